The molecule has 2 atom stereocenters. The molecule has 2 amide bonds. The van der Waals surface area contributed by atoms with Gasteiger partial charge in [-0.25, -0.2) is 0 Å². The minimum Gasteiger partial charge on any atom is -0.349 e. The van der Waals surface area contributed by atoms with E-state index in [1.807, 2.05) is 13.8 Å². The van der Waals surface area contributed by atoms with E-state index in [-0.39, 0.29) is 17.7 Å². The van der Waals surface area contributed by atoms with Crippen LogP contribution in [0.2, 0.25) is 0 Å². The number of hydrogen-bond donors (Lipinski definition) is 3. The Balaban J connectivity index is 1.90. The van der Waals surface area contributed by atoms with Crippen LogP contribution in [-0.2, 0) is 4.79 Å². The molecule has 132 valence electrons. The summed E-state index contributed by atoms with van der Waals surface area (Å²) in [5.41, 5.74) is 7.20. The highest BCUT2D eigenvalue weighted by Crippen LogP contribution is 2.18. The van der Waals surface area contributed by atoms with E-state index in [1.165, 1.54) is 19.3 Å². The number of rotatable bonds is 6. The predicted molar refractivity (Wildman–Crippen MR) is 96.8 cm³/mol. The normalized spacial score (nSPS) is 17.8. The van der Waals surface area contributed by atoms with Gasteiger partial charge in [-0.1, -0.05) is 39.5 Å². The van der Waals surface area contributed by atoms with E-state index in [4.69, 9.17) is 5.73 Å². The van der Waals surface area contributed by atoms with Crippen molar-refractivity contribution in [3.05, 3.63) is 29.8 Å². The maximum absolute atomic E-state index is 12.3. The number of anilines is 1. The van der Waals surface area contributed by atoms with Gasteiger partial charge in [0.2, 0.25) is 5.91 Å². The number of carbonyl (C=O) groups excluding carboxylic acids is 2. The van der Waals surface area contributed by atoms with Crippen LogP contribution in [0.1, 0.15) is 62.7 Å². The van der Waals surface area contributed by atoms with Gasteiger partial charge in [0.1, 0.15) is 0 Å². The van der Waals surface area contributed by atoms with Crippen molar-refractivity contribution in [2.24, 2.45) is 11.7 Å². The van der Waals surface area contributed by atoms with E-state index in [1.54, 1.807) is 24.3 Å². The number of nitrogens with two attached hydrogens (primary N) is 1. The summed E-state index contributed by atoms with van der Waals surface area (Å²) in [6.45, 7) is 3.97. The van der Waals surface area contributed by atoms with E-state index in [0.717, 1.165) is 19.3 Å². The molecule has 0 spiro atoms. The van der Waals surface area contributed by atoms with Crippen molar-refractivity contribution < 1.29 is 9.59 Å². The first-order chi connectivity index (χ1) is 11.5. The molecule has 0 aliphatic heterocycles. The van der Waals surface area contributed by atoms with Crippen LogP contribution in [0, 0.1) is 5.92 Å². The molecule has 0 radical (unpaired) electrons. The Morgan fingerprint density at radius 2 is 1.79 bits per heavy atom. The molecule has 0 bridgehead atoms. The fourth-order valence-electron chi connectivity index (χ4n) is 2.96. The summed E-state index contributed by atoms with van der Waals surface area (Å²) < 4.78 is 0. The first-order valence-electron chi connectivity index (χ1n) is 8.98. The van der Waals surface area contributed by atoms with Gasteiger partial charge in [-0.2, -0.15) is 0 Å². The highest BCUT2D eigenvalue weighted by Gasteiger charge is 2.20. The maximum atomic E-state index is 12.3. The van der Waals surface area contributed by atoms with Crippen molar-refractivity contribution in [1.82, 2.24) is 5.32 Å². The van der Waals surface area contributed by atoms with E-state index in [2.05, 4.69) is 10.6 Å². The SMILES string of the molecule is CCC(C)C(N)C(=O)Nc1ccc(C(=O)NC2CCCCC2)cc1. The Morgan fingerprint density at radius 1 is 1.17 bits per heavy atom. The van der Waals surface area contributed by atoms with Crippen LogP contribution in [0.3, 0.4) is 0 Å². The molecule has 2 unspecified atom stereocenters. The Labute approximate surface area is 144 Å². The molecule has 5 heteroatoms. The van der Waals surface area contributed by atoms with Crippen LogP contribution in [0.4, 0.5) is 5.69 Å². The summed E-state index contributed by atoms with van der Waals surface area (Å²) in [5.74, 6) is -0.106. The fourth-order valence-corrected chi connectivity index (χ4v) is 2.96. The Morgan fingerprint density at radius 3 is 2.38 bits per heavy atom. The molecule has 2 rings (SSSR count). The first kappa shape index (κ1) is 18.5. The number of benzene rings is 1. The zero-order valence-corrected chi connectivity index (χ0v) is 14.7. The number of amides is 2. The lowest BCUT2D eigenvalue weighted by molar-refractivity contribution is -0.118. The zero-order valence-electron chi connectivity index (χ0n) is 14.7. The van der Waals surface area contributed by atoms with Crippen LogP contribution in [-0.4, -0.2) is 23.9 Å². The highest BCUT2D eigenvalue weighted by molar-refractivity contribution is 5.97. The monoisotopic (exact) mass is 331 g/mol. The van der Waals surface area contributed by atoms with E-state index >= 15 is 0 Å². The van der Waals surface area contributed by atoms with Crippen molar-refractivity contribution in [2.45, 2.75) is 64.5 Å². The molecule has 1 aliphatic rings. The second kappa shape index (κ2) is 8.83. The number of hydrogen-bond acceptors (Lipinski definition) is 3. The van der Waals surface area contributed by atoms with Gasteiger partial charge in [-0.3, -0.25) is 9.59 Å². The zero-order chi connectivity index (χ0) is 17.5. The second-order valence-corrected chi connectivity index (χ2v) is 6.79. The lowest BCUT2D eigenvalue weighted by Crippen LogP contribution is -2.40. The average molecular weight is 331 g/mol. The third-order valence-electron chi connectivity index (χ3n) is 4.91. The number of nitrogens with one attached hydrogen (secondary N) is 2. The van der Waals surface area contributed by atoms with Gasteiger partial charge in [-0.15, -0.1) is 0 Å². The van der Waals surface area contributed by atoms with Gasteiger partial charge in [0.05, 0.1) is 6.04 Å². The summed E-state index contributed by atoms with van der Waals surface area (Å²) in [7, 11) is 0. The van der Waals surface area contributed by atoms with Crippen LogP contribution in [0.25, 0.3) is 0 Å². The van der Waals surface area contributed by atoms with Crippen molar-refractivity contribution in [3.8, 4) is 0 Å². The van der Waals surface area contributed by atoms with Gasteiger partial charge in [-0.05, 0) is 43.0 Å². The summed E-state index contributed by atoms with van der Waals surface area (Å²) in [6, 6.07) is 6.74. The molecule has 24 heavy (non-hydrogen) atoms. The smallest absolute Gasteiger partial charge is 0.251 e. The Hall–Kier alpha value is -1.88. The van der Waals surface area contributed by atoms with Crippen LogP contribution in [0.15, 0.2) is 24.3 Å². The van der Waals surface area contributed by atoms with Crippen LogP contribution in [0.5, 0.6) is 0 Å². The first-order valence-corrected chi connectivity index (χ1v) is 8.98. The molecule has 0 heterocycles. The summed E-state index contributed by atoms with van der Waals surface area (Å²) in [5, 5.41) is 5.90. The lowest BCUT2D eigenvalue weighted by atomic mass is 9.95. The molecule has 1 saturated carbocycles. The van der Waals surface area contributed by atoms with Crippen LogP contribution < -0.4 is 16.4 Å². The van der Waals surface area contributed by atoms with Crippen LogP contribution >= 0.6 is 0 Å². The van der Waals surface area contributed by atoms with Gasteiger partial charge in [0, 0.05) is 17.3 Å². The van der Waals surface area contributed by atoms with E-state index in [9.17, 15) is 9.59 Å². The summed E-state index contributed by atoms with van der Waals surface area (Å²) in [6.07, 6.45) is 6.62. The molecule has 0 aromatic heterocycles. The molecule has 1 aliphatic carbocycles. The minimum atomic E-state index is -0.524. The van der Waals surface area contributed by atoms with Gasteiger partial charge < -0.3 is 16.4 Å². The number of carbonyl (C=O) groups is 2. The predicted octanol–water partition coefficient (Wildman–Crippen LogP) is 3.06. The maximum Gasteiger partial charge on any atom is 0.251 e. The Bertz CT molecular complexity index is 550. The van der Waals surface area contributed by atoms with Crippen molar-refractivity contribution >= 4 is 17.5 Å². The van der Waals surface area contributed by atoms with Gasteiger partial charge in [0.25, 0.3) is 5.91 Å². The van der Waals surface area contributed by atoms with Crippen molar-refractivity contribution in [2.75, 3.05) is 5.32 Å². The lowest BCUT2D eigenvalue weighted by Gasteiger charge is -2.22. The molecule has 5 nitrogen and oxygen atoms in total. The summed E-state index contributed by atoms with van der Waals surface area (Å²) in [4.78, 5) is 24.3. The molecule has 1 fully saturated rings. The highest BCUT2D eigenvalue weighted by atomic mass is 16.2. The van der Waals surface area contributed by atoms with Crippen molar-refractivity contribution in [3.63, 3.8) is 0 Å². The van der Waals surface area contributed by atoms with Crippen molar-refractivity contribution in [1.29, 1.82) is 0 Å². The van der Waals surface area contributed by atoms with E-state index in [0.29, 0.717) is 17.3 Å². The largest absolute Gasteiger partial charge is 0.349 e. The quantitative estimate of drug-likeness (QED) is 0.749. The third kappa shape index (κ3) is 5.06. The molecule has 4 N–H and O–H groups in total. The molecule has 0 saturated heterocycles. The topological polar surface area (TPSA) is 84.2 Å². The molecule has 1 aromatic rings. The average Bonchev–Trinajstić information content (AvgIpc) is 2.61. The van der Waals surface area contributed by atoms with Gasteiger partial charge >= 0.3 is 0 Å². The van der Waals surface area contributed by atoms with E-state index < -0.39 is 6.04 Å². The third-order valence-corrected chi connectivity index (χ3v) is 4.91. The summed E-state index contributed by atoms with van der Waals surface area (Å²) >= 11 is 0. The fraction of sp³-hybridized carbons (Fsp3) is 0.579. The second-order valence-electron chi connectivity index (χ2n) is 6.79. The molecule has 1 aromatic carbocycles. The molecular weight excluding hydrogens is 302 g/mol. The van der Waals surface area contributed by atoms with Gasteiger partial charge in [0.15, 0.2) is 0 Å². The Kier molecular flexibility index (Phi) is 6.79. The minimum absolute atomic E-state index is 0.0453. The standard InChI is InChI=1S/C19H29N3O2/c1-3-13(2)17(20)19(24)22-16-11-9-14(10-12-16)18(23)21-15-7-5-4-6-8-15/h9-13,15,17H,3-8,20H2,1-2H3,(H,21,23)(H,22,24). The molecular formula is C19H29N3O2.